The first-order valence-electron chi connectivity index (χ1n) is 8.21. The second kappa shape index (κ2) is 7.85. The average Bonchev–Trinajstić information content (AvgIpc) is 3.09. The van der Waals surface area contributed by atoms with Crippen molar-refractivity contribution in [3.63, 3.8) is 0 Å². The monoisotopic (exact) mass is 392 g/mol. The van der Waals surface area contributed by atoms with Crippen molar-refractivity contribution in [3.8, 4) is 11.5 Å². The van der Waals surface area contributed by atoms with E-state index < -0.39 is 10.0 Å². The number of ether oxygens (including phenoxy) is 3. The maximum atomic E-state index is 12.7. The molecule has 3 rings (SSSR count). The summed E-state index contributed by atoms with van der Waals surface area (Å²) in [6.45, 7) is 2.55. The normalized spacial score (nSPS) is 12.7. The van der Waals surface area contributed by atoms with Crippen molar-refractivity contribution in [2.24, 2.45) is 0 Å². The van der Waals surface area contributed by atoms with Crippen LogP contribution < -0.4 is 19.5 Å². The van der Waals surface area contributed by atoms with Crippen molar-refractivity contribution >= 4 is 21.6 Å². The van der Waals surface area contributed by atoms with Crippen LogP contribution in [0.5, 0.6) is 11.5 Å². The van der Waals surface area contributed by atoms with Crippen LogP contribution in [-0.2, 0) is 14.8 Å². The molecule has 8 nitrogen and oxygen atoms in total. The quantitative estimate of drug-likeness (QED) is 0.698. The zero-order valence-electron chi connectivity index (χ0n) is 14.9. The molecule has 1 amide bonds. The van der Waals surface area contributed by atoms with E-state index in [9.17, 15) is 13.2 Å². The molecule has 144 valence electrons. The molecule has 0 bridgehead atoms. The van der Waals surface area contributed by atoms with Crippen molar-refractivity contribution in [2.75, 3.05) is 31.8 Å². The van der Waals surface area contributed by atoms with Crippen LogP contribution in [0.1, 0.15) is 15.9 Å². The maximum Gasteiger partial charge on any atom is 0.261 e. The molecule has 0 aromatic heterocycles. The van der Waals surface area contributed by atoms with E-state index in [4.69, 9.17) is 14.2 Å². The van der Waals surface area contributed by atoms with Gasteiger partial charge < -0.3 is 19.5 Å². The molecular formula is C18H20N2O6S. The first-order valence-corrected chi connectivity index (χ1v) is 9.69. The topological polar surface area (TPSA) is 103 Å². The molecule has 0 spiro atoms. The number of fused-ring (bicyclic) bond motifs is 1. The lowest BCUT2D eigenvalue weighted by atomic mass is 10.1. The summed E-state index contributed by atoms with van der Waals surface area (Å²) in [5.74, 6) is 0.672. The number of carbonyl (C=O) groups is 1. The van der Waals surface area contributed by atoms with Gasteiger partial charge in [-0.15, -0.1) is 0 Å². The fourth-order valence-corrected chi connectivity index (χ4v) is 3.62. The van der Waals surface area contributed by atoms with E-state index in [0.29, 0.717) is 41.5 Å². The molecule has 0 unspecified atom stereocenters. The van der Waals surface area contributed by atoms with Gasteiger partial charge in [0.05, 0.1) is 17.2 Å². The summed E-state index contributed by atoms with van der Waals surface area (Å²) in [7, 11) is -2.35. The lowest BCUT2D eigenvalue weighted by Crippen LogP contribution is -2.28. The van der Waals surface area contributed by atoms with Crippen LogP contribution in [0.4, 0.5) is 5.69 Å². The number of sulfonamides is 1. The van der Waals surface area contributed by atoms with Crippen LogP contribution in [0.15, 0.2) is 41.3 Å². The van der Waals surface area contributed by atoms with Crippen LogP contribution >= 0.6 is 0 Å². The molecule has 0 atom stereocenters. The smallest absolute Gasteiger partial charge is 0.261 e. The van der Waals surface area contributed by atoms with Gasteiger partial charge in [0, 0.05) is 25.3 Å². The van der Waals surface area contributed by atoms with Crippen LogP contribution in [0, 0.1) is 6.92 Å². The van der Waals surface area contributed by atoms with Crippen LogP contribution in [0.2, 0.25) is 0 Å². The van der Waals surface area contributed by atoms with Crippen LogP contribution in [0.25, 0.3) is 0 Å². The Morgan fingerprint density at radius 3 is 2.70 bits per heavy atom. The molecule has 2 aromatic carbocycles. The number of methoxy groups -OCH3 is 1. The van der Waals surface area contributed by atoms with Gasteiger partial charge in [-0.2, -0.15) is 0 Å². The van der Waals surface area contributed by atoms with Gasteiger partial charge in [-0.1, -0.05) is 6.07 Å². The summed E-state index contributed by atoms with van der Waals surface area (Å²) < 4.78 is 43.3. The zero-order chi connectivity index (χ0) is 19.4. The molecule has 0 saturated heterocycles. The fraction of sp³-hybridized carbons (Fsp3) is 0.278. The van der Waals surface area contributed by atoms with Gasteiger partial charge in [-0.05, 0) is 36.8 Å². The minimum absolute atomic E-state index is 0.0114. The van der Waals surface area contributed by atoms with Crippen LogP contribution in [-0.4, -0.2) is 41.4 Å². The number of nitrogens with one attached hydrogen (secondary N) is 2. The van der Waals surface area contributed by atoms with Gasteiger partial charge in [-0.25, -0.2) is 8.42 Å². The van der Waals surface area contributed by atoms with Crippen molar-refractivity contribution < 1.29 is 27.4 Å². The third kappa shape index (κ3) is 4.32. The summed E-state index contributed by atoms with van der Waals surface area (Å²) in [6.07, 6.45) is 0. The van der Waals surface area contributed by atoms with Gasteiger partial charge in [0.15, 0.2) is 11.5 Å². The minimum Gasteiger partial charge on any atom is -0.454 e. The average molecular weight is 392 g/mol. The maximum absolute atomic E-state index is 12.7. The first kappa shape index (κ1) is 19.0. The Labute approximate surface area is 157 Å². The highest BCUT2D eigenvalue weighted by Gasteiger charge is 2.20. The molecule has 27 heavy (non-hydrogen) atoms. The molecule has 2 aromatic rings. The molecule has 1 aliphatic rings. The van der Waals surface area contributed by atoms with Crippen molar-refractivity contribution in [3.05, 3.63) is 47.5 Å². The van der Waals surface area contributed by atoms with E-state index in [1.165, 1.54) is 19.2 Å². The first-order chi connectivity index (χ1) is 12.9. The number of hydrogen-bond donors (Lipinski definition) is 2. The highest BCUT2D eigenvalue weighted by molar-refractivity contribution is 7.92. The van der Waals surface area contributed by atoms with E-state index >= 15 is 0 Å². The Morgan fingerprint density at radius 2 is 1.93 bits per heavy atom. The Balaban J connectivity index is 1.82. The van der Waals surface area contributed by atoms with Crippen LogP contribution in [0.3, 0.4) is 0 Å². The predicted octanol–water partition coefficient (Wildman–Crippen LogP) is 1.90. The third-order valence-electron chi connectivity index (χ3n) is 3.98. The molecule has 1 aliphatic heterocycles. The Bertz CT molecular complexity index is 958. The lowest BCUT2D eigenvalue weighted by Gasteiger charge is -2.12. The van der Waals surface area contributed by atoms with Crippen molar-refractivity contribution in [2.45, 2.75) is 11.8 Å². The summed E-state index contributed by atoms with van der Waals surface area (Å²) in [5.41, 5.74) is 1.30. The Kier molecular flexibility index (Phi) is 5.52. The number of benzene rings is 2. The molecule has 0 fully saturated rings. The molecule has 0 saturated carbocycles. The summed E-state index contributed by atoms with van der Waals surface area (Å²) in [4.78, 5) is 12.3. The Morgan fingerprint density at radius 1 is 1.15 bits per heavy atom. The molecule has 9 heteroatoms. The van der Waals surface area contributed by atoms with Gasteiger partial charge in [-0.3, -0.25) is 9.52 Å². The lowest BCUT2D eigenvalue weighted by molar-refractivity contribution is 0.0936. The van der Waals surface area contributed by atoms with Crippen molar-refractivity contribution in [1.29, 1.82) is 0 Å². The largest absolute Gasteiger partial charge is 0.454 e. The number of aryl methyl sites for hydroxylation is 1. The predicted molar refractivity (Wildman–Crippen MR) is 98.8 cm³/mol. The highest BCUT2D eigenvalue weighted by atomic mass is 32.2. The van der Waals surface area contributed by atoms with E-state index in [1.807, 2.05) is 0 Å². The van der Waals surface area contributed by atoms with E-state index in [2.05, 4.69) is 10.0 Å². The SMILES string of the molecule is COCCNC(=O)c1cc(S(=O)(=O)Nc2ccc3c(c2)OCO3)ccc1C. The minimum atomic E-state index is -3.88. The molecular weight excluding hydrogens is 372 g/mol. The van der Waals surface area contributed by atoms with Gasteiger partial charge in [0.2, 0.25) is 6.79 Å². The second-order valence-electron chi connectivity index (χ2n) is 5.90. The number of anilines is 1. The zero-order valence-corrected chi connectivity index (χ0v) is 15.8. The number of rotatable bonds is 7. The molecule has 0 aliphatic carbocycles. The summed E-state index contributed by atoms with van der Waals surface area (Å²) >= 11 is 0. The summed E-state index contributed by atoms with van der Waals surface area (Å²) in [5, 5.41) is 2.69. The fourth-order valence-electron chi connectivity index (χ4n) is 2.55. The molecule has 0 radical (unpaired) electrons. The number of hydrogen-bond acceptors (Lipinski definition) is 6. The van der Waals surface area contributed by atoms with E-state index in [1.54, 1.807) is 31.2 Å². The van der Waals surface area contributed by atoms with Gasteiger partial charge >= 0.3 is 0 Å². The van der Waals surface area contributed by atoms with E-state index in [0.717, 1.165) is 0 Å². The number of carbonyl (C=O) groups excluding carboxylic acids is 1. The molecule has 2 N–H and O–H groups in total. The van der Waals surface area contributed by atoms with Gasteiger partial charge in [0.25, 0.3) is 15.9 Å². The third-order valence-corrected chi connectivity index (χ3v) is 5.36. The van der Waals surface area contributed by atoms with Gasteiger partial charge in [0.1, 0.15) is 0 Å². The standard InChI is InChI=1S/C18H20N2O6S/c1-12-3-5-14(10-15(12)18(21)19-7-8-24-2)27(22,23)20-13-4-6-16-17(9-13)26-11-25-16/h3-6,9-10,20H,7-8,11H2,1-2H3,(H,19,21). The summed E-state index contributed by atoms with van der Waals surface area (Å²) in [6, 6.07) is 9.16. The Hall–Kier alpha value is -2.78. The van der Waals surface area contributed by atoms with E-state index in [-0.39, 0.29) is 17.6 Å². The molecule has 1 heterocycles. The highest BCUT2D eigenvalue weighted by Crippen LogP contribution is 2.34. The second-order valence-corrected chi connectivity index (χ2v) is 7.58. The number of amides is 1. The van der Waals surface area contributed by atoms with Crippen molar-refractivity contribution in [1.82, 2.24) is 5.32 Å².